The van der Waals surface area contributed by atoms with E-state index in [4.69, 9.17) is 5.73 Å². The monoisotopic (exact) mass is 243 g/mol. The lowest BCUT2D eigenvalue weighted by molar-refractivity contribution is -0.142. The van der Waals surface area contributed by atoms with Crippen LogP contribution in [0.3, 0.4) is 0 Å². The number of nitrogens with two attached hydrogens (primary N) is 1. The summed E-state index contributed by atoms with van der Waals surface area (Å²) < 4.78 is 21.7. The Balaban J connectivity index is 0.000000304. The number of methoxy groups -OCH3 is 1. The molecule has 0 spiro atoms. The van der Waals surface area contributed by atoms with Gasteiger partial charge in [0, 0.05) is 6.54 Å². The van der Waals surface area contributed by atoms with Gasteiger partial charge in [0.25, 0.3) is 0 Å². The van der Waals surface area contributed by atoms with Crippen molar-refractivity contribution in [2.75, 3.05) is 20.3 Å². The third kappa shape index (κ3) is 7.30. The molecule has 0 heterocycles. The fraction of sp³-hybridized carbons (Fsp3) is 0.417. The highest BCUT2D eigenvalue weighted by atomic mass is 19.1. The van der Waals surface area contributed by atoms with Crippen LogP contribution in [-0.4, -0.2) is 26.2 Å². The number of benzene rings is 1. The number of para-hydroxylation sites is 1. The maximum Gasteiger partial charge on any atom is 0.307 e. The van der Waals surface area contributed by atoms with Gasteiger partial charge >= 0.3 is 5.97 Å². The molecule has 0 radical (unpaired) electrons. The van der Waals surface area contributed by atoms with Crippen LogP contribution in [0.1, 0.15) is 13.3 Å². The van der Waals surface area contributed by atoms with Gasteiger partial charge in [-0.15, -0.1) is 0 Å². The molecule has 0 amide bonds. The molecule has 0 atom stereocenters. The molecule has 17 heavy (non-hydrogen) atoms. The van der Waals surface area contributed by atoms with Crippen LogP contribution in [0.15, 0.2) is 24.3 Å². The van der Waals surface area contributed by atoms with Gasteiger partial charge in [0.05, 0.1) is 20.1 Å². The summed E-state index contributed by atoms with van der Waals surface area (Å²) in [4.78, 5) is 10.3. The van der Waals surface area contributed by atoms with Crippen LogP contribution in [0, 0.1) is 5.82 Å². The van der Waals surface area contributed by atoms with Gasteiger partial charge in [-0.1, -0.05) is 12.1 Å². The average Bonchev–Trinajstić information content (AvgIpc) is 2.31. The first-order chi connectivity index (χ1) is 8.15. The minimum atomic E-state index is -0.319. The molecule has 0 bridgehead atoms. The van der Waals surface area contributed by atoms with Gasteiger partial charge in [-0.05, 0) is 19.1 Å². The van der Waals surface area contributed by atoms with Crippen LogP contribution in [0.4, 0.5) is 4.39 Å². The molecule has 96 valence electrons. The van der Waals surface area contributed by atoms with E-state index in [1.54, 1.807) is 25.1 Å². The standard InChI is InChI=1S/C7H7FO.C5H11NO2/c1-9-7-5-3-2-4-6(7)8;1-2-8-5(7)3-4-6/h2-5H,1H3;2-4,6H2,1H3. The van der Waals surface area contributed by atoms with Gasteiger partial charge in [-0.3, -0.25) is 4.79 Å². The summed E-state index contributed by atoms with van der Waals surface area (Å²) in [7, 11) is 1.44. The molecule has 0 fully saturated rings. The SMILES string of the molecule is CCOC(=O)CCN.COc1ccccc1F. The summed E-state index contributed by atoms with van der Waals surface area (Å²) in [6, 6.07) is 6.29. The van der Waals surface area contributed by atoms with Crippen molar-refractivity contribution in [3.63, 3.8) is 0 Å². The van der Waals surface area contributed by atoms with Crippen molar-refractivity contribution in [3.8, 4) is 5.75 Å². The van der Waals surface area contributed by atoms with Gasteiger partial charge in [-0.25, -0.2) is 4.39 Å². The van der Waals surface area contributed by atoms with E-state index < -0.39 is 0 Å². The predicted octanol–water partition coefficient (Wildman–Crippen LogP) is 1.73. The number of carbonyl (C=O) groups excluding carboxylic acids is 1. The smallest absolute Gasteiger partial charge is 0.307 e. The van der Waals surface area contributed by atoms with Crippen LogP contribution < -0.4 is 10.5 Å². The maximum absolute atomic E-state index is 12.5. The first-order valence-electron chi connectivity index (χ1n) is 5.29. The minimum absolute atomic E-state index is 0.213. The zero-order valence-electron chi connectivity index (χ0n) is 10.1. The van der Waals surface area contributed by atoms with Gasteiger partial charge in [0.15, 0.2) is 11.6 Å². The van der Waals surface area contributed by atoms with Gasteiger partial charge in [-0.2, -0.15) is 0 Å². The van der Waals surface area contributed by atoms with E-state index in [2.05, 4.69) is 9.47 Å². The lowest BCUT2D eigenvalue weighted by Crippen LogP contribution is -2.10. The number of rotatable bonds is 4. The minimum Gasteiger partial charge on any atom is -0.494 e. The topological polar surface area (TPSA) is 61.5 Å². The Morgan fingerprint density at radius 2 is 2.06 bits per heavy atom. The molecule has 4 nitrogen and oxygen atoms in total. The summed E-state index contributed by atoms with van der Waals surface area (Å²) in [5.74, 6) is -0.243. The van der Waals surface area contributed by atoms with Crippen molar-refractivity contribution in [3.05, 3.63) is 30.1 Å². The molecule has 0 saturated carbocycles. The highest BCUT2D eigenvalue weighted by Gasteiger charge is 1.96. The number of esters is 1. The van der Waals surface area contributed by atoms with E-state index >= 15 is 0 Å². The lowest BCUT2D eigenvalue weighted by atomic mass is 10.3. The van der Waals surface area contributed by atoms with Crippen LogP contribution in [0.25, 0.3) is 0 Å². The van der Waals surface area contributed by atoms with Crippen LogP contribution in [-0.2, 0) is 9.53 Å². The van der Waals surface area contributed by atoms with E-state index in [0.717, 1.165) is 0 Å². The molecule has 0 unspecified atom stereocenters. The predicted molar refractivity (Wildman–Crippen MR) is 63.3 cm³/mol. The molecule has 0 aliphatic carbocycles. The number of halogens is 1. The summed E-state index contributed by atoms with van der Waals surface area (Å²) in [5, 5.41) is 0. The number of carbonyl (C=O) groups is 1. The molecular weight excluding hydrogens is 225 g/mol. The highest BCUT2D eigenvalue weighted by Crippen LogP contribution is 2.13. The number of ether oxygens (including phenoxy) is 2. The lowest BCUT2D eigenvalue weighted by Gasteiger charge is -1.97. The molecule has 1 aromatic rings. The largest absolute Gasteiger partial charge is 0.494 e. The van der Waals surface area contributed by atoms with Gasteiger partial charge in [0.1, 0.15) is 0 Å². The van der Waals surface area contributed by atoms with E-state index in [0.29, 0.717) is 19.6 Å². The third-order valence-corrected chi connectivity index (χ3v) is 1.71. The van der Waals surface area contributed by atoms with Crippen LogP contribution in [0.5, 0.6) is 5.75 Å². The molecule has 5 heteroatoms. The molecular formula is C12H18FNO3. The molecule has 2 N–H and O–H groups in total. The highest BCUT2D eigenvalue weighted by molar-refractivity contribution is 5.69. The van der Waals surface area contributed by atoms with Crippen molar-refractivity contribution in [2.24, 2.45) is 5.73 Å². The first-order valence-corrected chi connectivity index (χ1v) is 5.29. The summed E-state index contributed by atoms with van der Waals surface area (Å²) >= 11 is 0. The van der Waals surface area contributed by atoms with Crippen LogP contribution in [0.2, 0.25) is 0 Å². The van der Waals surface area contributed by atoms with E-state index in [-0.39, 0.29) is 17.5 Å². The fourth-order valence-electron chi connectivity index (χ4n) is 0.961. The molecule has 0 saturated heterocycles. The number of hydrogen-bond donors (Lipinski definition) is 1. The number of hydrogen-bond acceptors (Lipinski definition) is 4. The Bertz CT molecular complexity index is 323. The summed E-state index contributed by atoms with van der Waals surface area (Å²) in [6.45, 7) is 2.59. The van der Waals surface area contributed by atoms with Crippen LogP contribution >= 0.6 is 0 Å². The van der Waals surface area contributed by atoms with Crippen molar-refractivity contribution >= 4 is 5.97 Å². The van der Waals surface area contributed by atoms with Crippen molar-refractivity contribution in [1.82, 2.24) is 0 Å². The second-order valence-corrected chi connectivity index (χ2v) is 2.98. The molecule has 1 aromatic carbocycles. The quantitative estimate of drug-likeness (QED) is 0.818. The van der Waals surface area contributed by atoms with Crippen molar-refractivity contribution < 1.29 is 18.7 Å². The fourth-order valence-corrected chi connectivity index (χ4v) is 0.961. The van der Waals surface area contributed by atoms with E-state index in [1.165, 1.54) is 13.2 Å². The Labute approximate surface area is 101 Å². The van der Waals surface area contributed by atoms with E-state index in [9.17, 15) is 9.18 Å². The summed E-state index contributed by atoms with van der Waals surface area (Å²) in [5.41, 5.74) is 5.06. The first kappa shape index (κ1) is 15.4. The molecule has 0 aromatic heterocycles. The zero-order valence-corrected chi connectivity index (χ0v) is 10.1. The van der Waals surface area contributed by atoms with Gasteiger partial charge < -0.3 is 15.2 Å². The third-order valence-electron chi connectivity index (χ3n) is 1.71. The van der Waals surface area contributed by atoms with Gasteiger partial charge in [0.2, 0.25) is 0 Å². The second-order valence-electron chi connectivity index (χ2n) is 2.98. The molecule has 0 aliphatic heterocycles. The Morgan fingerprint density at radius 3 is 2.47 bits per heavy atom. The van der Waals surface area contributed by atoms with Crippen molar-refractivity contribution in [1.29, 1.82) is 0 Å². The Morgan fingerprint density at radius 1 is 1.41 bits per heavy atom. The van der Waals surface area contributed by atoms with Crippen molar-refractivity contribution in [2.45, 2.75) is 13.3 Å². The Hall–Kier alpha value is -1.62. The molecule has 0 aliphatic rings. The zero-order chi connectivity index (χ0) is 13.1. The van der Waals surface area contributed by atoms with E-state index in [1.807, 2.05) is 0 Å². The Kier molecular flexibility index (Phi) is 8.68. The molecule has 1 rings (SSSR count). The average molecular weight is 243 g/mol. The maximum atomic E-state index is 12.5. The second kappa shape index (κ2) is 9.59. The normalized spacial score (nSPS) is 8.94. The summed E-state index contributed by atoms with van der Waals surface area (Å²) in [6.07, 6.45) is 0.327.